The number of piperazine rings is 1. The first kappa shape index (κ1) is 22.5. The van der Waals surface area contributed by atoms with Crippen LogP contribution in [0.5, 0.6) is 0 Å². The smallest absolute Gasteiger partial charge is 0.279 e. The third-order valence-electron chi connectivity index (χ3n) is 7.45. The molecule has 3 fully saturated rings. The van der Waals surface area contributed by atoms with Crippen molar-refractivity contribution in [2.45, 2.75) is 51.0 Å². The van der Waals surface area contributed by atoms with Crippen LogP contribution in [0.15, 0.2) is 24.3 Å². The van der Waals surface area contributed by atoms with E-state index in [9.17, 15) is 8.42 Å². The van der Waals surface area contributed by atoms with Crippen molar-refractivity contribution in [3.05, 3.63) is 24.3 Å². The minimum Gasteiger partial charge on any atom is -0.353 e. The SMILES string of the molecule is O=S(=O)(NC1CCC(CCN2CCN(c3nsc4ccccc34)CC2)CC1)N1CCCC1. The fourth-order valence-corrected chi connectivity index (χ4v) is 7.77. The van der Waals surface area contributed by atoms with E-state index in [1.54, 1.807) is 15.8 Å². The van der Waals surface area contributed by atoms with Gasteiger partial charge in [-0.05, 0) is 81.1 Å². The van der Waals surface area contributed by atoms with Gasteiger partial charge in [0.05, 0.1) is 4.70 Å². The second-order valence-corrected chi connectivity index (χ2v) is 12.1. The fraction of sp³-hybridized carbons (Fsp3) is 0.696. The summed E-state index contributed by atoms with van der Waals surface area (Å²) in [7, 11) is -3.28. The first-order valence-electron chi connectivity index (χ1n) is 12.2. The molecular formula is C23H35N5O2S2. The average Bonchev–Trinajstić information content (AvgIpc) is 3.50. The number of aromatic nitrogens is 1. The van der Waals surface area contributed by atoms with Crippen LogP contribution in [0.3, 0.4) is 0 Å². The van der Waals surface area contributed by atoms with Gasteiger partial charge in [-0.15, -0.1) is 0 Å². The molecule has 2 saturated heterocycles. The predicted molar refractivity (Wildman–Crippen MR) is 131 cm³/mol. The number of hydrogen-bond donors (Lipinski definition) is 1. The molecule has 2 aliphatic heterocycles. The molecule has 2 aromatic rings. The van der Waals surface area contributed by atoms with Gasteiger partial charge >= 0.3 is 0 Å². The molecule has 1 saturated carbocycles. The Labute approximate surface area is 196 Å². The zero-order valence-electron chi connectivity index (χ0n) is 18.8. The summed E-state index contributed by atoms with van der Waals surface area (Å²) in [6, 6.07) is 8.63. The molecule has 1 aromatic carbocycles. The lowest BCUT2D eigenvalue weighted by Crippen LogP contribution is -2.47. The molecule has 7 nitrogen and oxygen atoms in total. The molecule has 0 amide bonds. The number of benzene rings is 1. The van der Waals surface area contributed by atoms with Crippen LogP contribution in [0.25, 0.3) is 10.1 Å². The molecule has 9 heteroatoms. The van der Waals surface area contributed by atoms with E-state index in [-0.39, 0.29) is 6.04 Å². The van der Waals surface area contributed by atoms with Crippen LogP contribution >= 0.6 is 11.5 Å². The Morgan fingerprint density at radius 1 is 0.969 bits per heavy atom. The highest BCUT2D eigenvalue weighted by molar-refractivity contribution is 7.87. The first-order valence-corrected chi connectivity index (χ1v) is 14.4. The highest BCUT2D eigenvalue weighted by Gasteiger charge is 2.30. The molecule has 1 N–H and O–H groups in total. The topological polar surface area (TPSA) is 68.8 Å². The molecule has 1 aromatic heterocycles. The number of rotatable bonds is 7. The summed E-state index contributed by atoms with van der Waals surface area (Å²) in [6.07, 6.45) is 7.43. The van der Waals surface area contributed by atoms with Gasteiger partial charge in [0.25, 0.3) is 10.2 Å². The molecule has 0 atom stereocenters. The number of nitrogens with one attached hydrogen (secondary N) is 1. The summed E-state index contributed by atoms with van der Waals surface area (Å²) < 4.78 is 35.6. The van der Waals surface area contributed by atoms with Crippen LogP contribution in [-0.2, 0) is 10.2 Å². The molecule has 3 heterocycles. The molecule has 176 valence electrons. The Bertz CT molecular complexity index is 989. The summed E-state index contributed by atoms with van der Waals surface area (Å²) >= 11 is 1.60. The Hall–Kier alpha value is -1.26. The quantitative estimate of drug-likeness (QED) is 0.663. The van der Waals surface area contributed by atoms with Crippen molar-refractivity contribution in [2.75, 3.05) is 50.7 Å². The van der Waals surface area contributed by atoms with Gasteiger partial charge in [0.2, 0.25) is 0 Å². The molecule has 3 aliphatic rings. The highest BCUT2D eigenvalue weighted by atomic mass is 32.2. The van der Waals surface area contributed by atoms with E-state index in [2.05, 4.69) is 38.8 Å². The largest absolute Gasteiger partial charge is 0.353 e. The van der Waals surface area contributed by atoms with Crippen LogP contribution in [0.2, 0.25) is 0 Å². The van der Waals surface area contributed by atoms with Gasteiger partial charge < -0.3 is 4.90 Å². The minimum absolute atomic E-state index is 0.119. The summed E-state index contributed by atoms with van der Waals surface area (Å²) in [4.78, 5) is 5.03. The summed E-state index contributed by atoms with van der Waals surface area (Å²) in [5, 5.41) is 1.28. The molecule has 0 unspecified atom stereocenters. The second kappa shape index (κ2) is 9.93. The Balaban J connectivity index is 1.03. The standard InChI is InChI=1S/C23H35N5O2S2/c29-32(30,28-12-3-4-13-28)25-20-9-7-19(8-10-20)11-14-26-15-17-27(18-16-26)23-21-5-1-2-6-22(21)31-24-23/h1-2,5-6,19-20,25H,3-4,7-18H2. The van der Waals surface area contributed by atoms with Gasteiger partial charge in [0, 0.05) is 50.7 Å². The maximum Gasteiger partial charge on any atom is 0.279 e. The van der Waals surface area contributed by atoms with Crippen molar-refractivity contribution >= 4 is 37.6 Å². The van der Waals surface area contributed by atoms with Crippen molar-refractivity contribution in [3.8, 4) is 0 Å². The van der Waals surface area contributed by atoms with Gasteiger partial charge in [-0.3, -0.25) is 4.90 Å². The number of hydrogen-bond acceptors (Lipinski definition) is 6. The minimum atomic E-state index is -3.28. The summed E-state index contributed by atoms with van der Waals surface area (Å²) in [6.45, 7) is 6.78. The van der Waals surface area contributed by atoms with E-state index in [4.69, 9.17) is 4.37 Å². The zero-order chi connectivity index (χ0) is 22.0. The van der Waals surface area contributed by atoms with Crippen molar-refractivity contribution < 1.29 is 8.42 Å². The zero-order valence-corrected chi connectivity index (χ0v) is 20.4. The molecule has 5 rings (SSSR count). The summed E-state index contributed by atoms with van der Waals surface area (Å²) in [5.41, 5.74) is 0. The lowest BCUT2D eigenvalue weighted by atomic mass is 9.84. The molecule has 0 spiro atoms. The number of nitrogens with zero attached hydrogens (tertiary/aromatic N) is 4. The Morgan fingerprint density at radius 3 is 2.44 bits per heavy atom. The van der Waals surface area contributed by atoms with Crippen molar-refractivity contribution in [1.29, 1.82) is 0 Å². The van der Waals surface area contributed by atoms with E-state index in [1.165, 1.54) is 16.5 Å². The lowest BCUT2D eigenvalue weighted by molar-refractivity contribution is 0.214. The Kier molecular flexibility index (Phi) is 6.99. The van der Waals surface area contributed by atoms with Crippen LogP contribution in [0, 0.1) is 5.92 Å². The van der Waals surface area contributed by atoms with Crippen LogP contribution in [0.1, 0.15) is 44.9 Å². The van der Waals surface area contributed by atoms with Gasteiger partial charge in [-0.2, -0.15) is 21.8 Å². The molecule has 0 bridgehead atoms. The van der Waals surface area contributed by atoms with Crippen molar-refractivity contribution in [2.24, 2.45) is 5.92 Å². The fourth-order valence-electron chi connectivity index (χ4n) is 5.43. The molecule has 1 aliphatic carbocycles. The van der Waals surface area contributed by atoms with Gasteiger partial charge in [0.15, 0.2) is 0 Å². The molecule has 32 heavy (non-hydrogen) atoms. The predicted octanol–water partition coefficient (Wildman–Crippen LogP) is 3.30. The van der Waals surface area contributed by atoms with Crippen molar-refractivity contribution in [3.63, 3.8) is 0 Å². The lowest BCUT2D eigenvalue weighted by Gasteiger charge is -2.36. The maximum atomic E-state index is 12.5. The van der Waals surface area contributed by atoms with E-state index >= 15 is 0 Å². The maximum absolute atomic E-state index is 12.5. The van der Waals surface area contributed by atoms with Gasteiger partial charge in [0.1, 0.15) is 5.82 Å². The van der Waals surface area contributed by atoms with Crippen molar-refractivity contribution in [1.82, 2.24) is 18.3 Å². The monoisotopic (exact) mass is 477 g/mol. The highest BCUT2D eigenvalue weighted by Crippen LogP contribution is 2.31. The summed E-state index contributed by atoms with van der Waals surface area (Å²) in [5.74, 6) is 1.88. The second-order valence-electron chi connectivity index (χ2n) is 9.57. The third kappa shape index (κ3) is 5.12. The third-order valence-corrected chi connectivity index (χ3v) is 9.94. The van der Waals surface area contributed by atoms with Crippen LogP contribution in [0.4, 0.5) is 5.82 Å². The molecular weight excluding hydrogens is 442 g/mol. The normalized spacial score (nSPS) is 26.2. The van der Waals surface area contributed by atoms with Gasteiger partial charge in [-0.1, -0.05) is 12.1 Å². The first-order chi connectivity index (χ1) is 15.6. The average molecular weight is 478 g/mol. The van der Waals surface area contributed by atoms with Gasteiger partial charge in [-0.25, -0.2) is 0 Å². The van der Waals surface area contributed by atoms with E-state index < -0.39 is 10.2 Å². The molecule has 0 radical (unpaired) electrons. The number of anilines is 1. The Morgan fingerprint density at radius 2 is 1.69 bits per heavy atom. The van der Waals surface area contributed by atoms with Crippen LogP contribution < -0.4 is 9.62 Å². The number of fused-ring (bicyclic) bond motifs is 1. The van der Waals surface area contributed by atoms with E-state index in [0.29, 0.717) is 13.1 Å². The van der Waals surface area contributed by atoms with E-state index in [0.717, 1.165) is 83.0 Å². The van der Waals surface area contributed by atoms with Crippen LogP contribution in [-0.4, -0.2) is 73.9 Å². The van der Waals surface area contributed by atoms with E-state index in [1.807, 2.05) is 0 Å².